The standard InChI is InChI=1S/C22H22N6O3S2/c1-24-21(31)28-22-27-18(23)17(33-22)20-26-15(11-32-20)13-8-5-9-14(10-13)25-19(30)16(29)12-6-3-2-4-7-12/h5-6,8-11H,2-4,7,23H2,1H3,(H,25,30)(H2,24,27,28,31). The third-order valence-corrected chi connectivity index (χ3v) is 6.99. The van der Waals surface area contributed by atoms with Crippen molar-refractivity contribution < 1.29 is 14.4 Å². The van der Waals surface area contributed by atoms with Crippen molar-refractivity contribution in [2.24, 2.45) is 0 Å². The summed E-state index contributed by atoms with van der Waals surface area (Å²) in [7, 11) is 1.51. The summed E-state index contributed by atoms with van der Waals surface area (Å²) in [6.45, 7) is 0. The van der Waals surface area contributed by atoms with Crippen LogP contribution in [0.1, 0.15) is 25.7 Å². The second-order valence-corrected chi connectivity index (χ2v) is 9.17. The molecule has 0 spiro atoms. The second kappa shape index (κ2) is 9.92. The first-order valence-corrected chi connectivity index (χ1v) is 12.0. The lowest BCUT2D eigenvalue weighted by molar-refractivity contribution is -0.132. The quantitative estimate of drug-likeness (QED) is 0.387. The molecule has 4 rings (SSSR count). The van der Waals surface area contributed by atoms with E-state index in [1.165, 1.54) is 29.7 Å². The predicted octanol–water partition coefficient (Wildman–Crippen LogP) is 4.28. The van der Waals surface area contributed by atoms with Gasteiger partial charge in [0.25, 0.3) is 5.91 Å². The van der Waals surface area contributed by atoms with Gasteiger partial charge in [-0.15, -0.1) is 11.3 Å². The summed E-state index contributed by atoms with van der Waals surface area (Å²) in [6, 6.07) is 6.78. The molecule has 0 saturated carbocycles. The van der Waals surface area contributed by atoms with Crippen molar-refractivity contribution in [3.63, 3.8) is 0 Å². The first-order valence-electron chi connectivity index (χ1n) is 10.3. The van der Waals surface area contributed by atoms with Gasteiger partial charge in [0, 0.05) is 29.3 Å². The number of anilines is 3. The van der Waals surface area contributed by atoms with Crippen molar-refractivity contribution in [2.45, 2.75) is 25.7 Å². The number of ketones is 1. The van der Waals surface area contributed by atoms with E-state index in [1.54, 1.807) is 18.2 Å². The van der Waals surface area contributed by atoms with Crippen molar-refractivity contribution >= 4 is 57.0 Å². The molecule has 0 saturated heterocycles. The minimum absolute atomic E-state index is 0.281. The fraction of sp³-hybridized carbons (Fsp3) is 0.227. The van der Waals surface area contributed by atoms with Gasteiger partial charge in [0.05, 0.1) is 5.69 Å². The topological polar surface area (TPSA) is 139 Å². The van der Waals surface area contributed by atoms with Crippen LogP contribution < -0.4 is 21.7 Å². The zero-order valence-electron chi connectivity index (χ0n) is 17.8. The lowest BCUT2D eigenvalue weighted by Gasteiger charge is -2.11. The Kier molecular flexibility index (Phi) is 6.80. The number of amides is 3. The van der Waals surface area contributed by atoms with Crippen molar-refractivity contribution in [1.82, 2.24) is 15.3 Å². The van der Waals surface area contributed by atoms with E-state index in [4.69, 9.17) is 5.73 Å². The van der Waals surface area contributed by atoms with E-state index in [0.717, 1.165) is 24.8 Å². The number of carbonyl (C=O) groups is 3. The number of nitrogen functional groups attached to an aromatic ring is 1. The molecule has 0 radical (unpaired) electrons. The molecule has 2 heterocycles. The molecule has 9 nitrogen and oxygen atoms in total. The Balaban J connectivity index is 1.50. The Morgan fingerprint density at radius 1 is 1.12 bits per heavy atom. The Morgan fingerprint density at radius 3 is 2.73 bits per heavy atom. The van der Waals surface area contributed by atoms with Crippen LogP contribution in [0.15, 0.2) is 41.3 Å². The number of nitrogens with two attached hydrogens (primary N) is 1. The molecule has 170 valence electrons. The highest BCUT2D eigenvalue weighted by Crippen LogP contribution is 2.38. The van der Waals surface area contributed by atoms with Gasteiger partial charge in [0.1, 0.15) is 15.7 Å². The minimum atomic E-state index is -0.632. The maximum Gasteiger partial charge on any atom is 0.320 e. The number of carbonyl (C=O) groups excluding carboxylic acids is 3. The van der Waals surface area contributed by atoms with Gasteiger partial charge in [-0.25, -0.2) is 14.8 Å². The predicted molar refractivity (Wildman–Crippen MR) is 131 cm³/mol. The molecule has 1 aromatic carbocycles. The number of nitrogens with zero attached hydrogens (tertiary/aromatic N) is 2. The molecule has 3 amide bonds. The van der Waals surface area contributed by atoms with Gasteiger partial charge >= 0.3 is 6.03 Å². The van der Waals surface area contributed by atoms with Crippen molar-refractivity contribution in [3.8, 4) is 21.1 Å². The molecule has 5 N–H and O–H groups in total. The summed E-state index contributed by atoms with van der Waals surface area (Å²) >= 11 is 2.63. The first-order chi connectivity index (χ1) is 15.9. The van der Waals surface area contributed by atoms with Gasteiger partial charge < -0.3 is 16.4 Å². The molecule has 0 bridgehead atoms. The van der Waals surface area contributed by atoms with Gasteiger partial charge in [0.2, 0.25) is 5.78 Å². The maximum absolute atomic E-state index is 12.4. The van der Waals surface area contributed by atoms with E-state index in [9.17, 15) is 14.4 Å². The van der Waals surface area contributed by atoms with Gasteiger partial charge in [-0.2, -0.15) is 0 Å². The Bertz CT molecular complexity index is 1250. The molecule has 3 aromatic rings. The number of urea groups is 1. The summed E-state index contributed by atoms with van der Waals surface area (Å²) in [6.07, 6.45) is 5.33. The number of aromatic nitrogens is 2. The molecule has 1 aliphatic rings. The van der Waals surface area contributed by atoms with Crippen LogP contribution in [0.4, 0.5) is 21.4 Å². The molecule has 0 aliphatic heterocycles. The Labute approximate surface area is 198 Å². The van der Waals surface area contributed by atoms with Crippen molar-refractivity contribution in [1.29, 1.82) is 0 Å². The van der Waals surface area contributed by atoms with Gasteiger partial charge in [0.15, 0.2) is 5.13 Å². The van der Waals surface area contributed by atoms with Crippen LogP contribution in [0.5, 0.6) is 0 Å². The van der Waals surface area contributed by atoms with Crippen LogP contribution in [0.25, 0.3) is 21.1 Å². The van der Waals surface area contributed by atoms with E-state index >= 15 is 0 Å². The number of Topliss-reactive ketones (excluding diaryl/α,β-unsaturated/α-hetero) is 1. The SMILES string of the molecule is CNC(=O)Nc1nc(N)c(-c2nc(-c3cccc(NC(=O)C(=O)C4=CCCCC4)c3)cs2)s1. The number of thiazole rings is 2. The van der Waals surface area contributed by atoms with E-state index in [1.807, 2.05) is 17.5 Å². The van der Waals surface area contributed by atoms with Crippen LogP contribution in [0, 0.1) is 0 Å². The summed E-state index contributed by atoms with van der Waals surface area (Å²) < 4.78 is 0. The van der Waals surface area contributed by atoms with E-state index < -0.39 is 11.7 Å². The van der Waals surface area contributed by atoms with E-state index in [-0.39, 0.29) is 11.8 Å². The molecular weight excluding hydrogens is 460 g/mol. The highest BCUT2D eigenvalue weighted by Gasteiger charge is 2.21. The summed E-state index contributed by atoms with van der Waals surface area (Å²) in [5.74, 6) is -0.824. The first kappa shape index (κ1) is 22.6. The third kappa shape index (κ3) is 5.26. The zero-order valence-corrected chi connectivity index (χ0v) is 19.4. The van der Waals surface area contributed by atoms with E-state index in [2.05, 4.69) is 25.9 Å². The van der Waals surface area contributed by atoms with Crippen LogP contribution in [-0.2, 0) is 9.59 Å². The molecule has 33 heavy (non-hydrogen) atoms. The molecule has 2 aromatic heterocycles. The van der Waals surface area contributed by atoms with E-state index in [0.29, 0.717) is 38.4 Å². The van der Waals surface area contributed by atoms with Crippen LogP contribution in [0.2, 0.25) is 0 Å². The largest absolute Gasteiger partial charge is 0.382 e. The number of hydrogen-bond acceptors (Lipinski definition) is 8. The van der Waals surface area contributed by atoms with Gasteiger partial charge in [-0.3, -0.25) is 14.9 Å². The average molecular weight is 483 g/mol. The lowest BCUT2D eigenvalue weighted by Crippen LogP contribution is -2.25. The maximum atomic E-state index is 12.4. The normalized spacial score (nSPS) is 13.2. The number of hydrogen-bond donors (Lipinski definition) is 4. The molecule has 11 heteroatoms. The zero-order chi connectivity index (χ0) is 23.4. The number of allylic oxidation sites excluding steroid dienone is 1. The second-order valence-electron chi connectivity index (χ2n) is 7.31. The average Bonchev–Trinajstić information content (AvgIpc) is 3.45. The fourth-order valence-electron chi connectivity index (χ4n) is 3.34. The van der Waals surface area contributed by atoms with Gasteiger partial charge in [-0.05, 0) is 37.8 Å². The number of nitrogens with one attached hydrogen (secondary N) is 3. The van der Waals surface area contributed by atoms with Crippen LogP contribution >= 0.6 is 22.7 Å². The molecule has 0 fully saturated rings. The molecule has 0 unspecified atom stereocenters. The number of rotatable bonds is 6. The smallest absolute Gasteiger partial charge is 0.320 e. The fourth-order valence-corrected chi connectivity index (χ4v) is 5.15. The highest BCUT2D eigenvalue weighted by atomic mass is 32.1. The molecule has 0 atom stereocenters. The number of benzene rings is 1. The Morgan fingerprint density at radius 2 is 1.97 bits per heavy atom. The highest BCUT2D eigenvalue weighted by molar-refractivity contribution is 7.23. The Hall–Kier alpha value is -3.57. The van der Waals surface area contributed by atoms with Crippen molar-refractivity contribution in [2.75, 3.05) is 23.4 Å². The summed E-state index contributed by atoms with van der Waals surface area (Å²) in [5, 5.41) is 10.7. The minimum Gasteiger partial charge on any atom is -0.382 e. The monoisotopic (exact) mass is 482 g/mol. The van der Waals surface area contributed by atoms with Crippen LogP contribution in [-0.4, -0.2) is 34.7 Å². The molecular formula is C22H22N6O3S2. The summed E-state index contributed by atoms with van der Waals surface area (Å²) in [5.41, 5.74) is 8.61. The van der Waals surface area contributed by atoms with Crippen molar-refractivity contribution in [3.05, 3.63) is 41.3 Å². The lowest BCUT2D eigenvalue weighted by atomic mass is 9.96. The molecule has 1 aliphatic carbocycles. The van der Waals surface area contributed by atoms with Gasteiger partial charge in [-0.1, -0.05) is 29.5 Å². The van der Waals surface area contributed by atoms with Crippen LogP contribution in [0.3, 0.4) is 0 Å². The third-order valence-electron chi connectivity index (χ3n) is 5.00. The summed E-state index contributed by atoms with van der Waals surface area (Å²) in [4.78, 5) is 45.8.